The molecule has 1 aliphatic rings. The van der Waals surface area contributed by atoms with Gasteiger partial charge in [0.25, 0.3) is 0 Å². The van der Waals surface area contributed by atoms with E-state index in [1.54, 1.807) is 0 Å². The molecule has 0 saturated heterocycles. The fraction of sp³-hybridized carbons (Fsp3) is 0.463. The molecule has 4 nitrogen and oxygen atoms in total. The maximum atomic E-state index is 11.9. The second-order valence-corrected chi connectivity index (χ2v) is 14.3. The van der Waals surface area contributed by atoms with Crippen molar-refractivity contribution in [2.45, 2.75) is 107 Å². The number of pyridine rings is 1. The molecular formula is C41H52IrNO3-. The Morgan fingerprint density at radius 2 is 1.65 bits per heavy atom. The minimum absolute atomic E-state index is 0. The van der Waals surface area contributed by atoms with Gasteiger partial charge in [0.15, 0.2) is 5.78 Å². The van der Waals surface area contributed by atoms with Gasteiger partial charge in [-0.1, -0.05) is 110 Å². The number of hydrogen-bond acceptors (Lipinski definition) is 4. The first-order valence-electron chi connectivity index (χ1n) is 16.8. The van der Waals surface area contributed by atoms with Gasteiger partial charge in [0.2, 0.25) is 0 Å². The zero-order valence-corrected chi connectivity index (χ0v) is 31.8. The average molecular weight is 799 g/mol. The van der Waals surface area contributed by atoms with Crippen molar-refractivity contribution in [2.24, 2.45) is 16.7 Å². The number of carbonyl (C=O) groups excluding carboxylic acids is 1. The Balaban J connectivity index is 0.000000293. The van der Waals surface area contributed by atoms with Crippen molar-refractivity contribution in [3.05, 3.63) is 77.7 Å². The van der Waals surface area contributed by atoms with Gasteiger partial charge >= 0.3 is 0 Å². The van der Waals surface area contributed by atoms with Crippen LogP contribution in [0, 0.1) is 22.8 Å². The van der Waals surface area contributed by atoms with Crippen molar-refractivity contribution < 1.29 is 34.7 Å². The summed E-state index contributed by atoms with van der Waals surface area (Å²) in [6, 6.07) is 18.7. The molecule has 3 aromatic carbocycles. The Morgan fingerprint density at radius 1 is 1.00 bits per heavy atom. The van der Waals surface area contributed by atoms with Crippen LogP contribution in [0.1, 0.15) is 112 Å². The van der Waals surface area contributed by atoms with Gasteiger partial charge in [0, 0.05) is 54.8 Å². The molecule has 0 atom stereocenters. The molecule has 2 heterocycles. The molecule has 0 aliphatic carbocycles. The molecule has 0 unspecified atom stereocenters. The van der Waals surface area contributed by atoms with E-state index in [4.69, 9.17) is 9.72 Å². The summed E-state index contributed by atoms with van der Waals surface area (Å²) in [6.45, 7) is 21.4. The fourth-order valence-electron chi connectivity index (χ4n) is 6.05. The van der Waals surface area contributed by atoms with Crippen LogP contribution in [0.25, 0.3) is 32.8 Å². The van der Waals surface area contributed by atoms with E-state index in [0.29, 0.717) is 5.92 Å². The maximum absolute atomic E-state index is 11.9. The SMILES string of the molecule is CC(C)c1cc2c3c(nccc3c1)-c1[c-]c3ccccc3c(CC(C)(C)C)c1O2.CCC(CC)C(=O)/C=C(\O)C(C)(CC)CC.[Ir]. The van der Waals surface area contributed by atoms with Crippen molar-refractivity contribution in [2.75, 3.05) is 0 Å². The van der Waals surface area contributed by atoms with E-state index >= 15 is 0 Å². The normalized spacial score (nSPS) is 12.8. The van der Waals surface area contributed by atoms with Gasteiger partial charge < -0.3 is 9.84 Å². The Bertz CT molecular complexity index is 1700. The molecular weight excluding hydrogens is 747 g/mol. The van der Waals surface area contributed by atoms with Gasteiger partial charge in [0.05, 0.1) is 5.75 Å². The summed E-state index contributed by atoms with van der Waals surface area (Å²) in [7, 11) is 0. The summed E-state index contributed by atoms with van der Waals surface area (Å²) in [5.74, 6) is 2.65. The monoisotopic (exact) mass is 799 g/mol. The first kappa shape index (κ1) is 37.4. The summed E-state index contributed by atoms with van der Waals surface area (Å²) in [6.07, 6.45) is 7.67. The number of fused-ring (bicyclic) bond motifs is 3. The quantitative estimate of drug-likeness (QED) is 0.0917. The van der Waals surface area contributed by atoms with Gasteiger partial charge in [-0.25, -0.2) is 0 Å². The molecule has 5 rings (SSSR count). The number of benzene rings is 3. The largest absolute Gasteiger partial charge is 0.512 e. The number of ether oxygens (including phenoxy) is 1. The first-order valence-corrected chi connectivity index (χ1v) is 16.8. The van der Waals surface area contributed by atoms with Crippen LogP contribution in [0.2, 0.25) is 0 Å². The van der Waals surface area contributed by atoms with Gasteiger partial charge in [0.1, 0.15) is 11.5 Å². The predicted octanol–water partition coefficient (Wildman–Crippen LogP) is 11.9. The fourth-order valence-corrected chi connectivity index (χ4v) is 6.05. The molecule has 0 saturated carbocycles. The van der Waals surface area contributed by atoms with Crippen LogP contribution in [-0.4, -0.2) is 15.9 Å². The van der Waals surface area contributed by atoms with Crippen molar-refractivity contribution in [1.82, 2.24) is 4.98 Å². The van der Waals surface area contributed by atoms with Crippen molar-refractivity contribution in [3.63, 3.8) is 0 Å². The molecule has 1 N–H and O–H groups in total. The van der Waals surface area contributed by atoms with Crippen LogP contribution in [0.4, 0.5) is 0 Å². The van der Waals surface area contributed by atoms with Crippen LogP contribution < -0.4 is 4.74 Å². The standard InChI is InChI=1S/C27H26NO.C14H26O2.Ir/c1-16(2)19-12-18-10-11-28-25-21-13-17-8-6-7-9-20(17)22(15-27(3,4)5)26(21)29-23(14-19)24(18)25;1-6-11(7-2)12(15)10-13(16)14(5,8-3)9-4;/h6-12,14,16H,15H2,1-5H3;10-11,16H,6-9H2,1-5H3;/q-1;;/b;13-10-;. The molecule has 249 valence electrons. The molecule has 1 radical (unpaired) electrons. The zero-order valence-electron chi connectivity index (χ0n) is 29.4. The number of hydrogen-bond donors (Lipinski definition) is 1. The summed E-state index contributed by atoms with van der Waals surface area (Å²) in [5, 5.41) is 14.6. The van der Waals surface area contributed by atoms with E-state index in [9.17, 15) is 9.90 Å². The van der Waals surface area contributed by atoms with E-state index in [2.05, 4.69) is 83.1 Å². The molecule has 0 spiro atoms. The Labute approximate surface area is 290 Å². The summed E-state index contributed by atoms with van der Waals surface area (Å²) in [5.41, 5.74) is 4.40. The molecule has 46 heavy (non-hydrogen) atoms. The zero-order chi connectivity index (χ0) is 33.1. The third-order valence-electron chi connectivity index (χ3n) is 9.53. The van der Waals surface area contributed by atoms with Gasteiger partial charge in [-0.05, 0) is 66.5 Å². The smallest absolute Gasteiger partial charge is 0.162 e. The van der Waals surface area contributed by atoms with E-state index in [1.165, 1.54) is 28.0 Å². The minimum atomic E-state index is -0.248. The average Bonchev–Trinajstić information content (AvgIpc) is 3.01. The first-order chi connectivity index (χ1) is 21.3. The van der Waals surface area contributed by atoms with Crippen LogP contribution in [0.3, 0.4) is 0 Å². The van der Waals surface area contributed by atoms with E-state index in [0.717, 1.165) is 65.6 Å². The molecule has 1 aromatic heterocycles. The van der Waals surface area contributed by atoms with Crippen molar-refractivity contribution >= 4 is 27.3 Å². The van der Waals surface area contributed by atoms with Crippen LogP contribution in [0.15, 0.2) is 60.5 Å². The summed E-state index contributed by atoms with van der Waals surface area (Å²) in [4.78, 5) is 16.6. The van der Waals surface area contributed by atoms with E-state index in [-0.39, 0.29) is 48.4 Å². The van der Waals surface area contributed by atoms with Crippen LogP contribution in [0.5, 0.6) is 11.5 Å². The Morgan fingerprint density at radius 3 is 2.24 bits per heavy atom. The molecule has 1 aliphatic heterocycles. The predicted molar refractivity (Wildman–Crippen MR) is 189 cm³/mol. The second kappa shape index (κ2) is 15.3. The van der Waals surface area contributed by atoms with Crippen LogP contribution >= 0.6 is 0 Å². The number of allylic oxidation sites excluding steroid dienone is 2. The second-order valence-electron chi connectivity index (χ2n) is 14.3. The third kappa shape index (κ3) is 7.92. The van der Waals surface area contributed by atoms with Gasteiger partial charge in [-0.2, -0.15) is 0 Å². The Hall–Kier alpha value is -3.01. The maximum Gasteiger partial charge on any atom is 0.162 e. The molecule has 0 bridgehead atoms. The molecule has 5 heteroatoms. The molecule has 0 amide bonds. The number of nitrogens with zero attached hydrogens (tertiary/aromatic N) is 1. The minimum Gasteiger partial charge on any atom is -0.512 e. The van der Waals surface area contributed by atoms with Gasteiger partial charge in [-0.3, -0.25) is 9.78 Å². The summed E-state index contributed by atoms with van der Waals surface area (Å²) < 4.78 is 6.65. The number of rotatable bonds is 9. The summed E-state index contributed by atoms with van der Waals surface area (Å²) >= 11 is 0. The van der Waals surface area contributed by atoms with Gasteiger partial charge in [-0.15, -0.1) is 17.5 Å². The topological polar surface area (TPSA) is 59.4 Å². The van der Waals surface area contributed by atoms with Crippen molar-refractivity contribution in [3.8, 4) is 22.8 Å². The van der Waals surface area contributed by atoms with Crippen LogP contribution in [-0.2, 0) is 31.3 Å². The number of aliphatic hydroxyl groups is 1. The number of aromatic nitrogens is 1. The van der Waals surface area contributed by atoms with E-state index in [1.807, 2.05) is 40.8 Å². The number of ketones is 1. The third-order valence-corrected chi connectivity index (χ3v) is 9.53. The number of aliphatic hydroxyl groups excluding tert-OH is 1. The molecule has 0 fully saturated rings. The molecule has 4 aromatic rings. The van der Waals surface area contributed by atoms with E-state index < -0.39 is 0 Å². The van der Waals surface area contributed by atoms with Crippen molar-refractivity contribution in [1.29, 1.82) is 0 Å². The number of carbonyl (C=O) groups is 1. The Kier molecular flexibility index (Phi) is 12.4.